The normalized spacial score (nSPS) is 20.1. The zero-order valence-electron chi connectivity index (χ0n) is 40.3. The molecule has 79 heavy (non-hydrogen) atoms. The second-order valence-electron chi connectivity index (χ2n) is 28.3. The second-order valence-corrected chi connectivity index (χ2v) is 28.3. The Balaban J connectivity index is 1.05. The van der Waals surface area contributed by atoms with E-state index in [4.69, 9.17) is 0 Å². The fraction of sp³-hybridized carbons (Fsp3) is 0.0385. The molecule has 1 saturated carbocycles. The fourth-order valence-corrected chi connectivity index (χ4v) is 27.6. The van der Waals surface area contributed by atoms with Gasteiger partial charge in [-0.05, 0) is 324 Å². The Labute approximate surface area is 432 Å². The number of ketones is 1. The maximum Gasteiger partial charge on any atom is 0.193 e. The maximum atomic E-state index is 16.1. The van der Waals surface area contributed by atoms with Crippen LogP contribution in [-0.4, -0.2) is 5.78 Å². The van der Waals surface area contributed by atoms with Crippen LogP contribution in [0, 0.1) is 5.41 Å². The van der Waals surface area contributed by atoms with Crippen LogP contribution in [0.3, 0.4) is 0 Å². The lowest BCUT2D eigenvalue weighted by Crippen LogP contribution is -2.27. The van der Waals surface area contributed by atoms with Crippen LogP contribution in [0.15, 0.2) is 72.8 Å². The quantitative estimate of drug-likeness (QED) is 0.158. The van der Waals surface area contributed by atoms with Gasteiger partial charge in [0.05, 0.1) is 10.8 Å². The van der Waals surface area contributed by atoms with E-state index in [1.165, 1.54) is 0 Å². The summed E-state index contributed by atoms with van der Waals surface area (Å²) in [7, 11) is 0. The van der Waals surface area contributed by atoms with Gasteiger partial charge in [-0.2, -0.15) is 0 Å². The van der Waals surface area contributed by atoms with Crippen molar-refractivity contribution in [1.82, 2.24) is 0 Å². The highest BCUT2D eigenvalue weighted by atomic mass is 16.1. The van der Waals surface area contributed by atoms with Crippen molar-refractivity contribution in [2.24, 2.45) is 5.41 Å². The lowest BCUT2D eigenvalue weighted by molar-refractivity contribution is -0.109. The highest BCUT2D eigenvalue weighted by Crippen LogP contribution is 2.97. The predicted molar refractivity (Wildman–Crippen MR) is 330 cm³/mol. The summed E-state index contributed by atoms with van der Waals surface area (Å²) in [5.41, 5.74) is 8.94. The van der Waals surface area contributed by atoms with E-state index in [9.17, 15) is 0 Å². The van der Waals surface area contributed by atoms with E-state index in [1.807, 2.05) is 0 Å². The van der Waals surface area contributed by atoms with Crippen molar-refractivity contribution in [3.63, 3.8) is 0 Å². The standard InChI is InChI=1S/C78H12O/c79-75-15(13-7-3-1-4-8-13)11-76(12-16(75)14-9-5-2-6-10-14)77-71-63-55-45-35-27-19-17-18-21-25-23(19)31-39-33(25)43-37-29(21)30-22(18)26-24-20(17)28(27)36-42-32(24)40-34(26)44-38(30)48-47(37)57-51(43)61-53(39)59(49(55)41(31)35)67(71)69(61)73-65(57)66-58(48)52(44)62-54(40)60-50(42)56(46(36)45)64(63)72(77)68(60)70(62)74(66)78(73,76)77/h1-12H. The molecule has 0 radical (unpaired) electrons. The number of benzene rings is 20. The van der Waals surface area contributed by atoms with Gasteiger partial charge in [-0.1, -0.05) is 72.8 Å². The van der Waals surface area contributed by atoms with Gasteiger partial charge in [-0.15, -0.1) is 0 Å². The number of hydrogen-bond acceptors (Lipinski definition) is 1. The summed E-state index contributed by atoms with van der Waals surface area (Å²) >= 11 is 0. The van der Waals surface area contributed by atoms with E-state index >= 15 is 4.79 Å². The summed E-state index contributed by atoms with van der Waals surface area (Å²) < 4.78 is 0. The third-order valence-electron chi connectivity index (χ3n) is 27.9. The van der Waals surface area contributed by atoms with E-state index in [2.05, 4.69) is 72.8 Å². The summed E-state index contributed by atoms with van der Waals surface area (Å²) in [6.45, 7) is 0. The van der Waals surface area contributed by atoms with Gasteiger partial charge >= 0.3 is 0 Å². The number of allylic oxidation sites excluding steroid dienone is 4. The van der Waals surface area contributed by atoms with Crippen molar-refractivity contribution in [2.75, 3.05) is 0 Å². The maximum absolute atomic E-state index is 16.1. The molecule has 0 saturated heterocycles. The molecule has 0 aromatic heterocycles. The van der Waals surface area contributed by atoms with Crippen molar-refractivity contribution in [1.29, 1.82) is 0 Å². The summed E-state index contributed by atoms with van der Waals surface area (Å²) in [6, 6.07) is 21.9. The molecule has 0 atom stereocenters. The van der Waals surface area contributed by atoms with Gasteiger partial charge in [0.1, 0.15) is 0 Å². The molecule has 1 heteroatoms. The minimum Gasteiger partial charge on any atom is -0.289 e. The molecular formula is C78H12O. The van der Waals surface area contributed by atoms with Crippen molar-refractivity contribution >= 4 is 308 Å². The summed E-state index contributed by atoms with van der Waals surface area (Å²) in [4.78, 5) is 16.1. The van der Waals surface area contributed by atoms with Gasteiger partial charge < -0.3 is 0 Å². The van der Waals surface area contributed by atoms with Crippen LogP contribution in [0.25, 0.3) is 302 Å². The molecule has 6 aliphatic carbocycles. The zero-order chi connectivity index (χ0) is 47.4. The molecule has 30 aromatic rings. The molecule has 36 rings (SSSR count). The molecule has 330 valence electrons. The molecule has 0 bridgehead atoms. The predicted octanol–water partition coefficient (Wildman–Crippen LogP) is 20.0. The van der Waals surface area contributed by atoms with Crippen molar-refractivity contribution in [3.8, 4) is 0 Å². The average Bonchev–Trinajstić information content (AvgIpc) is 1.43. The summed E-state index contributed by atoms with van der Waals surface area (Å²) in [6.07, 6.45) is 5.37. The first-order valence-electron chi connectivity index (χ1n) is 29.2. The first-order valence-corrected chi connectivity index (χ1v) is 29.2. The minimum absolute atomic E-state index is 0.163. The van der Waals surface area contributed by atoms with Crippen LogP contribution in [-0.2, 0) is 15.6 Å². The lowest BCUT2D eigenvalue weighted by atomic mass is 9.68. The van der Waals surface area contributed by atoms with E-state index < -0.39 is 16.2 Å². The molecule has 6 aliphatic rings. The van der Waals surface area contributed by atoms with Crippen LogP contribution >= 0.6 is 0 Å². The molecule has 0 amide bonds. The van der Waals surface area contributed by atoms with Gasteiger partial charge in [-0.25, -0.2) is 0 Å². The summed E-state index contributed by atoms with van der Waals surface area (Å²) in [5.74, 6) is 0.163. The molecule has 30 aromatic carbocycles. The first-order chi connectivity index (χ1) is 39.3. The number of rotatable bonds is 2. The third kappa shape index (κ3) is 1.67. The lowest BCUT2D eigenvalue weighted by Gasteiger charge is -2.32. The SMILES string of the molecule is O=C1C(c2ccccc2)=CC2(C=C1c1ccccc1)C13c4c5c6c7c8c9c(c%10c%11c1c1c4c4c%12c5c5c6c6c8c8c%13c9c9c%10c%10c%11c%11c1c1c4c4c%12c%12c5c5c6c8c6c8c%13c9c9c%10c%10c%11c1c1c4c4c%12c5c6c5c8c9c%10c1c45)C723. The molecule has 0 unspecified atom stereocenters. The fourth-order valence-electron chi connectivity index (χ4n) is 27.6. The molecular weight excluding hydrogens is 953 g/mol. The molecule has 0 aliphatic heterocycles. The van der Waals surface area contributed by atoms with E-state index in [1.54, 1.807) is 313 Å². The molecule has 1 fully saturated rings. The average molecular weight is 965 g/mol. The Morgan fingerprint density at radius 3 is 0.506 bits per heavy atom. The molecule has 0 heterocycles. The number of hydrogen-bond donors (Lipinski definition) is 0. The second kappa shape index (κ2) is 7.00. The van der Waals surface area contributed by atoms with Crippen LogP contribution in [0.4, 0.5) is 0 Å². The highest BCUT2D eigenvalue weighted by molar-refractivity contribution is 6.82. The van der Waals surface area contributed by atoms with E-state index in [-0.39, 0.29) is 5.78 Å². The Bertz CT molecular complexity index is 7490. The number of carbonyl (C=O) groups excluding carboxylic acids is 1. The van der Waals surface area contributed by atoms with Crippen molar-refractivity contribution in [2.45, 2.75) is 10.8 Å². The van der Waals surface area contributed by atoms with Crippen LogP contribution in [0.5, 0.6) is 0 Å². The Morgan fingerprint density at radius 2 is 0.342 bits per heavy atom. The zero-order valence-corrected chi connectivity index (χ0v) is 40.3. The first kappa shape index (κ1) is 30.1. The van der Waals surface area contributed by atoms with Crippen LogP contribution in [0.2, 0.25) is 0 Å². The largest absolute Gasteiger partial charge is 0.289 e. The molecule has 0 N–H and O–H groups in total. The summed E-state index contributed by atoms with van der Waals surface area (Å²) in [5, 5.41) is 87.3. The van der Waals surface area contributed by atoms with E-state index in [0.29, 0.717) is 0 Å². The van der Waals surface area contributed by atoms with Crippen molar-refractivity contribution in [3.05, 3.63) is 106 Å². The Kier molecular flexibility index (Phi) is 2.67. The van der Waals surface area contributed by atoms with Gasteiger partial charge in [-0.3, -0.25) is 4.79 Å². The van der Waals surface area contributed by atoms with Crippen LogP contribution < -0.4 is 0 Å². The highest BCUT2D eigenvalue weighted by Gasteiger charge is 2.93. The van der Waals surface area contributed by atoms with Gasteiger partial charge in [0, 0.05) is 16.6 Å². The Hall–Kier alpha value is -9.95. The van der Waals surface area contributed by atoms with E-state index in [0.717, 1.165) is 22.3 Å². The minimum atomic E-state index is -0.589. The van der Waals surface area contributed by atoms with Gasteiger partial charge in [0.2, 0.25) is 0 Å². The van der Waals surface area contributed by atoms with Crippen LogP contribution in [0.1, 0.15) is 33.4 Å². The Morgan fingerprint density at radius 1 is 0.190 bits per heavy atom. The number of carbonyl (C=O) groups is 1. The smallest absolute Gasteiger partial charge is 0.193 e. The van der Waals surface area contributed by atoms with Crippen molar-refractivity contribution < 1.29 is 4.79 Å². The number of Topliss-reactive ketones (excluding diaryl/α,β-unsaturated/α-hetero) is 1. The van der Waals surface area contributed by atoms with Gasteiger partial charge in [0.25, 0.3) is 0 Å². The third-order valence-corrected chi connectivity index (χ3v) is 27.9. The molecule has 3 spiro atoms. The van der Waals surface area contributed by atoms with Gasteiger partial charge in [0.15, 0.2) is 5.78 Å². The monoisotopic (exact) mass is 964 g/mol. The molecule has 1 nitrogen and oxygen atoms in total. The topological polar surface area (TPSA) is 17.1 Å².